The number of hydrogen-bond donors (Lipinski definition) is 13. The molecule has 5 amide bonds. The topological polar surface area (TPSA) is 419 Å². The molecule has 28 heteroatoms. The summed E-state index contributed by atoms with van der Waals surface area (Å²) in [5.74, 6) is -7.08. The predicted octanol–water partition coefficient (Wildman–Crippen LogP) is 22.8. The van der Waals surface area contributed by atoms with E-state index in [1.165, 1.54) is 60.7 Å². The Morgan fingerprint density at radius 3 is 1.03 bits per heavy atom. The maximum absolute atomic E-state index is 13.4. The standard InChI is InChI=1S/C20H20FNO4.C20H21NO3.C20H23NO3.2C19H18FNO3.C18H21NO3/c21-16-8-6-15(7-9-16)18(23)12-13-19(24)22-17-10-4-14(5-11-17)2-1-3-20(25)26;22-18(23)8-4-5-15-9-11-17(12-10-15)21-19(24)20(13-14-20)16-6-2-1-3-7-16;1-2-18(16-8-4-3-5-9-16)20(24)21-17-13-11-15(12-14-17)7-6-10-19(22)23;20-17-6-2-1-5-15(17)10-13-18(22)21-16-11-8-14(9-12-16)4-3-7-19(23)24;20-16-9-4-15(5-10-16)8-13-18(22)21-17-11-6-14(7-12-17)2-1-3-19(23)24;20-17(15-6-2-1-3-7-15)13-19-16-11-9-14(10-12-16)5-4-8-18(21)22/h4-11H,1-3,12-13H2,(H,22,24)(H,25,26);1-3,6-7,9-12H,4-5,8,13-14H2,(H,21,24)(H,22,23);3-5,8-9,11-14,18H,2,6-7,10H2,1H3,(H,21,24)(H,22,23);1-2,5-6,8-13H,3-4,7H2,(H,21,22)(H,23,24);4-13H,1-3H2,(H,21,22)(H,23,24);1-3,6-7,9-12,17,19-20H,4-5,8,13H2,(H,21,22)/b;;;13-10+;13-8+;. The average molecular weight is 1960 g/mol. The zero-order chi connectivity index (χ0) is 104. The lowest BCUT2D eigenvalue weighted by atomic mass is 9.95. The number of carboxylic acids is 6. The van der Waals surface area contributed by atoms with Gasteiger partial charge >= 0.3 is 35.8 Å². The van der Waals surface area contributed by atoms with Crippen molar-refractivity contribution in [2.24, 2.45) is 0 Å². The second kappa shape index (κ2) is 61.8. The molecule has 0 spiro atoms. The van der Waals surface area contributed by atoms with Crippen molar-refractivity contribution in [3.05, 3.63) is 406 Å². The first-order valence-electron chi connectivity index (χ1n) is 47.5. The van der Waals surface area contributed by atoms with Crippen LogP contribution < -0.4 is 31.9 Å². The van der Waals surface area contributed by atoms with Gasteiger partial charge in [0.15, 0.2) is 5.78 Å². The van der Waals surface area contributed by atoms with E-state index in [9.17, 15) is 75.8 Å². The lowest BCUT2D eigenvalue weighted by Crippen LogP contribution is -2.27. The van der Waals surface area contributed by atoms with Crippen molar-refractivity contribution in [3.63, 3.8) is 0 Å². The van der Waals surface area contributed by atoms with Crippen molar-refractivity contribution in [2.75, 3.05) is 38.4 Å². The SMILES string of the molecule is CCC(C(=O)Nc1ccc(CCCC(=O)O)cc1)c1ccccc1.O=C(O)CCCc1ccc(NC(=O)/C=C/c2ccc(F)cc2)cc1.O=C(O)CCCc1ccc(NC(=O)/C=C/c2ccccc2F)cc1.O=C(O)CCCc1ccc(NC(=O)C2(c3ccccc3)CC2)cc1.O=C(O)CCCc1ccc(NC(=O)CCC(=O)c2ccc(F)cc2)cc1.O=C(O)CCCc1ccc(NCC(O)c2ccccc2)cc1. The molecule has 13 N–H and O–H groups in total. The van der Waals surface area contributed by atoms with Gasteiger partial charge in [0.2, 0.25) is 29.5 Å². The number of aliphatic carboxylic acids is 6. The number of anilines is 6. The summed E-state index contributed by atoms with van der Waals surface area (Å²) in [5.41, 5.74) is 14.8. The van der Waals surface area contributed by atoms with E-state index in [1.54, 1.807) is 72.8 Å². The highest BCUT2D eigenvalue weighted by molar-refractivity contribution is 6.04. The zero-order valence-corrected chi connectivity index (χ0v) is 80.0. The Hall–Kier alpha value is -16.5. The van der Waals surface area contributed by atoms with Crippen LogP contribution >= 0.6 is 0 Å². The summed E-state index contributed by atoms with van der Waals surface area (Å²) in [7, 11) is 0. The summed E-state index contributed by atoms with van der Waals surface area (Å²) in [6, 6.07) is 91.3. The quantitative estimate of drug-likeness (QED) is 0.0124. The van der Waals surface area contributed by atoms with E-state index in [2.05, 4.69) is 31.9 Å². The Kier molecular flexibility index (Phi) is 48.4. The van der Waals surface area contributed by atoms with Crippen molar-refractivity contribution in [1.82, 2.24) is 0 Å². The first-order chi connectivity index (χ1) is 69.3. The minimum atomic E-state index is -0.816. The average Bonchev–Trinajstić information content (AvgIpc) is 1.60. The van der Waals surface area contributed by atoms with Crippen molar-refractivity contribution < 1.29 is 106 Å². The van der Waals surface area contributed by atoms with Crippen LogP contribution in [0.5, 0.6) is 0 Å². The number of aliphatic hydroxyl groups is 1. The molecule has 750 valence electrons. The number of ketones is 1. The van der Waals surface area contributed by atoms with Crippen LogP contribution in [0.25, 0.3) is 12.2 Å². The third kappa shape index (κ3) is 44.3. The summed E-state index contributed by atoms with van der Waals surface area (Å²) in [4.78, 5) is 136. The molecule has 12 aromatic rings. The molecule has 0 saturated heterocycles. The molecule has 2 unspecified atom stereocenters. The highest BCUT2D eigenvalue weighted by Gasteiger charge is 2.51. The van der Waals surface area contributed by atoms with Crippen LogP contribution in [0.2, 0.25) is 0 Å². The number of amides is 5. The molecule has 13 rings (SSSR count). The van der Waals surface area contributed by atoms with Gasteiger partial charge in [0.25, 0.3) is 0 Å². The zero-order valence-electron chi connectivity index (χ0n) is 80.0. The summed E-state index contributed by atoms with van der Waals surface area (Å²) >= 11 is 0. The van der Waals surface area contributed by atoms with E-state index in [1.807, 2.05) is 207 Å². The molecule has 0 aliphatic heterocycles. The Labute approximate surface area is 835 Å². The molecular weight excluding hydrogens is 1840 g/mol. The molecule has 144 heavy (non-hydrogen) atoms. The normalized spacial score (nSPS) is 11.7. The highest BCUT2D eigenvalue weighted by Crippen LogP contribution is 2.49. The van der Waals surface area contributed by atoms with Gasteiger partial charge in [0, 0.05) is 115 Å². The first kappa shape index (κ1) is 113. The number of Topliss-reactive ketones (excluding diaryl/α,β-unsaturated/α-hetero) is 1. The van der Waals surface area contributed by atoms with Gasteiger partial charge in [-0.05, 0) is 279 Å². The van der Waals surface area contributed by atoms with Crippen molar-refractivity contribution in [2.45, 2.75) is 172 Å². The van der Waals surface area contributed by atoms with E-state index in [0.717, 1.165) is 111 Å². The second-order valence-electron chi connectivity index (χ2n) is 33.9. The molecule has 0 radical (unpaired) electrons. The van der Waals surface area contributed by atoms with Gasteiger partial charge < -0.3 is 67.6 Å². The molecule has 25 nitrogen and oxygen atoms in total. The maximum Gasteiger partial charge on any atom is 0.303 e. The first-order valence-corrected chi connectivity index (χ1v) is 47.5. The number of carbonyl (C=O) groups excluding carboxylic acids is 6. The number of hydrogen-bond acceptors (Lipinski definition) is 14. The summed E-state index contributed by atoms with van der Waals surface area (Å²) in [6.45, 7) is 2.45. The van der Waals surface area contributed by atoms with Gasteiger partial charge in [-0.25, -0.2) is 13.2 Å². The van der Waals surface area contributed by atoms with E-state index in [-0.39, 0.29) is 110 Å². The third-order valence-corrected chi connectivity index (χ3v) is 22.7. The number of rotatable bonds is 46. The number of nitrogens with one attached hydrogen (secondary N) is 6. The molecule has 0 bridgehead atoms. The summed E-state index contributed by atoms with van der Waals surface area (Å²) in [6.07, 6.45) is 16.5. The molecule has 2 atom stereocenters. The fourth-order valence-electron chi connectivity index (χ4n) is 14.6. The van der Waals surface area contributed by atoms with Crippen molar-refractivity contribution in [3.8, 4) is 0 Å². The molecule has 1 saturated carbocycles. The van der Waals surface area contributed by atoms with Gasteiger partial charge in [-0.3, -0.25) is 57.5 Å². The van der Waals surface area contributed by atoms with E-state index in [4.69, 9.17) is 30.6 Å². The van der Waals surface area contributed by atoms with Crippen LogP contribution in [-0.2, 0) is 96.7 Å². The molecule has 1 aliphatic rings. The molecule has 1 fully saturated rings. The Bertz CT molecular complexity index is 6140. The van der Waals surface area contributed by atoms with Gasteiger partial charge in [0.05, 0.1) is 17.4 Å². The number of carbonyl (C=O) groups is 12. The van der Waals surface area contributed by atoms with Crippen LogP contribution in [0.3, 0.4) is 0 Å². The minimum absolute atomic E-state index is 0.0117. The van der Waals surface area contributed by atoms with Crippen molar-refractivity contribution >= 4 is 117 Å². The van der Waals surface area contributed by atoms with Crippen LogP contribution in [0.1, 0.15) is 200 Å². The van der Waals surface area contributed by atoms with Crippen LogP contribution in [-0.4, -0.2) is 113 Å². The largest absolute Gasteiger partial charge is 0.481 e. The second-order valence-corrected chi connectivity index (χ2v) is 33.9. The third-order valence-electron chi connectivity index (χ3n) is 22.7. The lowest BCUT2D eigenvalue weighted by Gasteiger charge is -2.16. The Morgan fingerprint density at radius 2 is 0.660 bits per heavy atom. The van der Waals surface area contributed by atoms with Gasteiger partial charge in [-0.2, -0.15) is 0 Å². The van der Waals surface area contributed by atoms with Crippen LogP contribution in [0, 0.1) is 17.5 Å². The van der Waals surface area contributed by atoms with Gasteiger partial charge in [-0.1, -0.05) is 201 Å². The number of halogens is 3. The summed E-state index contributed by atoms with van der Waals surface area (Å²) in [5, 5.41) is 79.2. The number of carboxylic acid groups (broad SMARTS) is 6. The van der Waals surface area contributed by atoms with Crippen molar-refractivity contribution in [1.29, 1.82) is 0 Å². The molecule has 12 aromatic carbocycles. The molecule has 0 heterocycles. The fourth-order valence-corrected chi connectivity index (χ4v) is 14.6. The van der Waals surface area contributed by atoms with Crippen LogP contribution in [0.4, 0.5) is 47.3 Å². The minimum Gasteiger partial charge on any atom is -0.481 e. The monoisotopic (exact) mass is 1960 g/mol. The Balaban J connectivity index is 0.000000211. The predicted molar refractivity (Wildman–Crippen MR) is 553 cm³/mol. The summed E-state index contributed by atoms with van der Waals surface area (Å²) < 4.78 is 39.1. The van der Waals surface area contributed by atoms with E-state index >= 15 is 0 Å². The molecule has 1 aliphatic carbocycles. The fraction of sp³-hybridized carbons (Fsp3) is 0.241. The lowest BCUT2D eigenvalue weighted by molar-refractivity contribution is -0.138. The van der Waals surface area contributed by atoms with Crippen LogP contribution in [0.15, 0.2) is 322 Å². The molecular formula is C116H121F3N6O19. The Morgan fingerprint density at radius 1 is 0.333 bits per heavy atom. The molecule has 0 aromatic heterocycles. The van der Waals surface area contributed by atoms with Gasteiger partial charge in [-0.15, -0.1) is 0 Å². The van der Waals surface area contributed by atoms with E-state index < -0.39 is 47.7 Å². The highest BCUT2D eigenvalue weighted by atomic mass is 19.1. The van der Waals surface area contributed by atoms with E-state index in [0.29, 0.717) is 92.5 Å². The number of aryl methyl sites for hydroxylation is 6. The maximum atomic E-state index is 13.4. The number of benzene rings is 12. The van der Waals surface area contributed by atoms with Gasteiger partial charge in [0.1, 0.15) is 17.5 Å². The smallest absolute Gasteiger partial charge is 0.303 e. The number of aliphatic hydroxyl groups excluding tert-OH is 1.